The molecule has 2 aromatic carbocycles. The Morgan fingerprint density at radius 1 is 0.947 bits per heavy atom. The summed E-state index contributed by atoms with van der Waals surface area (Å²) >= 11 is 6.18. The number of rotatable bonds is 3. The van der Waals surface area contributed by atoms with Crippen LogP contribution in [0, 0.1) is 20.8 Å². The maximum absolute atomic E-state index is 6.18. The first-order chi connectivity index (χ1) is 9.02. The van der Waals surface area contributed by atoms with Crippen LogP contribution in [0.5, 0.6) is 0 Å². The summed E-state index contributed by atoms with van der Waals surface area (Å²) in [6.07, 6.45) is 0. The molecule has 0 fully saturated rings. The van der Waals surface area contributed by atoms with Crippen molar-refractivity contribution in [3.05, 3.63) is 69.2 Å². The average Bonchev–Trinajstić information content (AvgIpc) is 2.38. The Labute approximate surface area is 120 Å². The van der Waals surface area contributed by atoms with Gasteiger partial charge >= 0.3 is 0 Å². The minimum absolute atomic E-state index is 0.205. The number of halogens is 1. The van der Waals surface area contributed by atoms with Crippen molar-refractivity contribution < 1.29 is 0 Å². The van der Waals surface area contributed by atoms with Crippen LogP contribution in [0.25, 0.3) is 0 Å². The summed E-state index contributed by atoms with van der Waals surface area (Å²) in [6.45, 7) is 6.27. The van der Waals surface area contributed by atoms with Crippen LogP contribution in [0.15, 0.2) is 36.4 Å². The van der Waals surface area contributed by atoms with Gasteiger partial charge in [-0.05, 0) is 56.1 Å². The van der Waals surface area contributed by atoms with Crippen LogP contribution in [0.3, 0.4) is 0 Å². The van der Waals surface area contributed by atoms with Gasteiger partial charge in [0, 0.05) is 5.02 Å². The fourth-order valence-electron chi connectivity index (χ4n) is 2.37. The molecule has 19 heavy (non-hydrogen) atoms. The van der Waals surface area contributed by atoms with Gasteiger partial charge in [-0.2, -0.15) is 0 Å². The lowest BCUT2D eigenvalue weighted by Crippen LogP contribution is -2.18. The molecule has 0 radical (unpaired) electrons. The molecule has 0 aliphatic carbocycles. The van der Waals surface area contributed by atoms with E-state index in [1.807, 2.05) is 20.0 Å². The quantitative estimate of drug-likeness (QED) is 0.863. The van der Waals surface area contributed by atoms with Gasteiger partial charge in [-0.25, -0.2) is 0 Å². The second-order valence-corrected chi connectivity index (χ2v) is 5.50. The Hall–Kier alpha value is -1.31. The van der Waals surface area contributed by atoms with E-state index in [4.69, 9.17) is 11.6 Å². The zero-order valence-electron chi connectivity index (χ0n) is 11.9. The topological polar surface area (TPSA) is 12.0 Å². The molecule has 0 heterocycles. The second-order valence-electron chi connectivity index (χ2n) is 5.09. The van der Waals surface area contributed by atoms with Crippen molar-refractivity contribution in [1.82, 2.24) is 5.32 Å². The van der Waals surface area contributed by atoms with Crippen LogP contribution in [0.2, 0.25) is 5.02 Å². The highest BCUT2D eigenvalue weighted by atomic mass is 35.5. The van der Waals surface area contributed by atoms with Crippen LogP contribution >= 0.6 is 11.6 Å². The van der Waals surface area contributed by atoms with Gasteiger partial charge in [0.2, 0.25) is 0 Å². The van der Waals surface area contributed by atoms with Crippen molar-refractivity contribution in [2.75, 3.05) is 7.05 Å². The summed E-state index contributed by atoms with van der Waals surface area (Å²) in [7, 11) is 1.99. The Balaban J connectivity index is 2.47. The van der Waals surface area contributed by atoms with E-state index < -0.39 is 0 Å². The Morgan fingerprint density at radius 3 is 2.16 bits per heavy atom. The van der Waals surface area contributed by atoms with E-state index in [1.54, 1.807) is 0 Å². The van der Waals surface area contributed by atoms with E-state index in [-0.39, 0.29) is 6.04 Å². The lowest BCUT2D eigenvalue weighted by molar-refractivity contribution is 0.687. The standard InChI is InChI=1S/C17H20ClN/c1-11-5-7-14(8-6-11)17(19-4)15-9-13(3)16(18)10-12(15)2/h5-10,17,19H,1-4H3. The number of benzene rings is 2. The highest BCUT2D eigenvalue weighted by Gasteiger charge is 2.15. The van der Waals surface area contributed by atoms with Crippen LogP contribution < -0.4 is 5.32 Å². The van der Waals surface area contributed by atoms with Gasteiger partial charge in [-0.3, -0.25) is 0 Å². The number of nitrogens with one attached hydrogen (secondary N) is 1. The van der Waals surface area contributed by atoms with Crippen molar-refractivity contribution in [1.29, 1.82) is 0 Å². The number of hydrogen-bond acceptors (Lipinski definition) is 1. The molecule has 0 bridgehead atoms. The Bertz CT molecular complexity index is 573. The third kappa shape index (κ3) is 2.99. The average molecular weight is 274 g/mol. The number of aryl methyl sites for hydroxylation is 3. The summed E-state index contributed by atoms with van der Waals surface area (Å²) in [4.78, 5) is 0. The monoisotopic (exact) mass is 273 g/mol. The zero-order valence-corrected chi connectivity index (χ0v) is 12.7. The van der Waals surface area contributed by atoms with E-state index in [0.29, 0.717) is 0 Å². The second kappa shape index (κ2) is 5.77. The fraction of sp³-hybridized carbons (Fsp3) is 0.294. The van der Waals surface area contributed by atoms with Crippen molar-refractivity contribution >= 4 is 11.6 Å². The number of hydrogen-bond donors (Lipinski definition) is 1. The van der Waals surface area contributed by atoms with Gasteiger partial charge < -0.3 is 5.32 Å². The van der Waals surface area contributed by atoms with Crippen molar-refractivity contribution in [2.45, 2.75) is 26.8 Å². The molecule has 100 valence electrons. The molecule has 2 rings (SSSR count). The smallest absolute Gasteiger partial charge is 0.0577 e. The molecule has 1 nitrogen and oxygen atoms in total. The Morgan fingerprint density at radius 2 is 1.58 bits per heavy atom. The fourth-order valence-corrected chi connectivity index (χ4v) is 2.59. The maximum atomic E-state index is 6.18. The first-order valence-electron chi connectivity index (χ1n) is 6.53. The van der Waals surface area contributed by atoms with Gasteiger partial charge in [-0.15, -0.1) is 0 Å². The van der Waals surface area contributed by atoms with Crippen molar-refractivity contribution in [2.24, 2.45) is 0 Å². The van der Waals surface area contributed by atoms with E-state index in [2.05, 4.69) is 49.5 Å². The largest absolute Gasteiger partial charge is 0.309 e. The molecule has 0 aliphatic heterocycles. The third-order valence-corrected chi connectivity index (χ3v) is 3.96. The lowest BCUT2D eigenvalue weighted by atomic mass is 9.93. The predicted molar refractivity (Wildman–Crippen MR) is 83.0 cm³/mol. The van der Waals surface area contributed by atoms with Crippen molar-refractivity contribution in [3.8, 4) is 0 Å². The zero-order chi connectivity index (χ0) is 14.0. The highest BCUT2D eigenvalue weighted by molar-refractivity contribution is 6.31. The normalized spacial score (nSPS) is 12.5. The van der Waals surface area contributed by atoms with Crippen LogP contribution in [0.1, 0.15) is 33.9 Å². The van der Waals surface area contributed by atoms with E-state index in [1.165, 1.54) is 22.3 Å². The molecular weight excluding hydrogens is 254 g/mol. The lowest BCUT2D eigenvalue weighted by Gasteiger charge is -2.20. The summed E-state index contributed by atoms with van der Waals surface area (Å²) in [6, 6.07) is 13.1. The molecule has 0 saturated carbocycles. The molecule has 0 saturated heterocycles. The molecule has 2 aromatic rings. The van der Waals surface area contributed by atoms with Crippen molar-refractivity contribution in [3.63, 3.8) is 0 Å². The molecule has 1 atom stereocenters. The van der Waals surface area contributed by atoms with Gasteiger partial charge in [0.25, 0.3) is 0 Å². The van der Waals surface area contributed by atoms with Gasteiger partial charge in [0.15, 0.2) is 0 Å². The summed E-state index contributed by atoms with van der Waals surface area (Å²) in [5, 5.41) is 4.23. The summed E-state index contributed by atoms with van der Waals surface area (Å²) in [5.74, 6) is 0. The SMILES string of the molecule is CNC(c1ccc(C)cc1)c1cc(C)c(Cl)cc1C. The minimum Gasteiger partial charge on any atom is -0.309 e. The third-order valence-electron chi connectivity index (χ3n) is 3.56. The van der Waals surface area contributed by atoms with Gasteiger partial charge in [-0.1, -0.05) is 47.5 Å². The van der Waals surface area contributed by atoms with Crippen LogP contribution in [-0.2, 0) is 0 Å². The molecule has 0 aliphatic rings. The molecule has 2 heteroatoms. The molecular formula is C17H20ClN. The van der Waals surface area contributed by atoms with Crippen LogP contribution in [-0.4, -0.2) is 7.05 Å². The summed E-state index contributed by atoms with van der Waals surface area (Å²) < 4.78 is 0. The van der Waals surface area contributed by atoms with E-state index >= 15 is 0 Å². The first-order valence-corrected chi connectivity index (χ1v) is 6.91. The predicted octanol–water partition coefficient (Wildman–Crippen LogP) is 4.57. The highest BCUT2D eigenvalue weighted by Crippen LogP contribution is 2.29. The summed E-state index contributed by atoms with van der Waals surface area (Å²) in [5.41, 5.74) is 6.18. The Kier molecular flexibility index (Phi) is 4.28. The molecule has 0 amide bonds. The van der Waals surface area contributed by atoms with E-state index in [9.17, 15) is 0 Å². The molecule has 1 N–H and O–H groups in total. The molecule has 1 unspecified atom stereocenters. The molecule has 0 aromatic heterocycles. The van der Waals surface area contributed by atoms with Gasteiger partial charge in [0.1, 0.15) is 0 Å². The maximum Gasteiger partial charge on any atom is 0.0577 e. The van der Waals surface area contributed by atoms with Gasteiger partial charge in [0.05, 0.1) is 6.04 Å². The van der Waals surface area contributed by atoms with Crippen LogP contribution in [0.4, 0.5) is 0 Å². The minimum atomic E-state index is 0.205. The van der Waals surface area contributed by atoms with E-state index in [0.717, 1.165) is 10.6 Å². The first kappa shape index (κ1) is 14.1. The molecule has 0 spiro atoms.